The van der Waals surface area contributed by atoms with Crippen molar-refractivity contribution < 1.29 is 44.8 Å². The zero-order chi connectivity index (χ0) is 21.6. The second kappa shape index (κ2) is 10.3. The second-order valence-corrected chi connectivity index (χ2v) is 6.32. The van der Waals surface area contributed by atoms with Gasteiger partial charge in [-0.05, 0) is 35.4 Å². The summed E-state index contributed by atoms with van der Waals surface area (Å²) in [7, 11) is 2.75. The van der Waals surface area contributed by atoms with E-state index < -0.39 is 37.6 Å². The van der Waals surface area contributed by atoms with Crippen LogP contribution in [0.4, 0.5) is 0 Å². The molecule has 0 aliphatic carbocycles. The molecule has 4 atom stereocenters. The highest BCUT2D eigenvalue weighted by molar-refractivity contribution is 5.45. The number of aromatic hydroxyl groups is 1. The van der Waals surface area contributed by atoms with Crippen molar-refractivity contribution in [3.8, 4) is 23.0 Å². The molecule has 29 heavy (non-hydrogen) atoms. The van der Waals surface area contributed by atoms with Crippen molar-refractivity contribution in [3.63, 3.8) is 0 Å². The lowest BCUT2D eigenvalue weighted by Gasteiger charge is -2.25. The molecule has 2 aromatic rings. The molecule has 0 amide bonds. The van der Waals surface area contributed by atoms with Crippen LogP contribution in [-0.2, 0) is 0 Å². The highest BCUT2D eigenvalue weighted by Gasteiger charge is 2.25. The molecular formula is C20H26O9. The molecule has 0 radical (unpaired) electrons. The summed E-state index contributed by atoms with van der Waals surface area (Å²) in [5, 5.41) is 58.6. The molecule has 2 rings (SSSR count). The topological polar surface area (TPSA) is 149 Å². The molecule has 6 N–H and O–H groups in total. The van der Waals surface area contributed by atoms with Gasteiger partial charge in [-0.1, -0.05) is 12.1 Å². The number of hydrogen-bond acceptors (Lipinski definition) is 9. The van der Waals surface area contributed by atoms with Crippen molar-refractivity contribution in [2.75, 3.05) is 27.4 Å². The Labute approximate surface area is 168 Å². The first-order valence-corrected chi connectivity index (χ1v) is 8.83. The third-order valence-electron chi connectivity index (χ3n) is 4.44. The molecule has 0 heterocycles. The quantitative estimate of drug-likeness (QED) is 0.324. The first-order valence-electron chi connectivity index (χ1n) is 8.83. The van der Waals surface area contributed by atoms with Gasteiger partial charge in [0.15, 0.2) is 29.1 Å². The van der Waals surface area contributed by atoms with Crippen molar-refractivity contribution in [2.45, 2.75) is 24.4 Å². The van der Waals surface area contributed by atoms with Gasteiger partial charge in [0.05, 0.1) is 27.4 Å². The maximum absolute atomic E-state index is 10.6. The molecule has 0 aromatic heterocycles. The van der Waals surface area contributed by atoms with Crippen LogP contribution in [0.15, 0.2) is 36.4 Å². The molecule has 0 aliphatic rings. The molecule has 9 nitrogen and oxygen atoms in total. The molecule has 0 fully saturated rings. The Hall–Kier alpha value is -2.56. The maximum atomic E-state index is 10.6. The van der Waals surface area contributed by atoms with Crippen LogP contribution in [0, 0.1) is 0 Å². The highest BCUT2D eigenvalue weighted by Crippen LogP contribution is 2.35. The van der Waals surface area contributed by atoms with E-state index in [0.717, 1.165) is 0 Å². The SMILES string of the molecule is COc1cc([C@H](O)[C@H](CO)Oc2ccc([C@@H](O)[C@H](O)CO)cc2OC)ccc1O. The van der Waals surface area contributed by atoms with E-state index in [4.69, 9.17) is 19.3 Å². The fraction of sp³-hybridized carbons (Fsp3) is 0.400. The lowest BCUT2D eigenvalue weighted by molar-refractivity contribution is -0.0156. The van der Waals surface area contributed by atoms with Gasteiger partial charge in [-0.3, -0.25) is 0 Å². The van der Waals surface area contributed by atoms with Crippen molar-refractivity contribution in [2.24, 2.45) is 0 Å². The standard InChI is InChI=1S/C20H26O9/c1-27-16-7-12(3-5-13(16)23)20(26)18(10-22)29-15-6-4-11(8-17(15)28-2)19(25)14(24)9-21/h3-8,14,18-26H,9-10H2,1-2H3/t14-,18+,19-,20+/m1/s1. The Morgan fingerprint density at radius 1 is 0.759 bits per heavy atom. The van der Waals surface area contributed by atoms with Crippen LogP contribution in [0.2, 0.25) is 0 Å². The van der Waals surface area contributed by atoms with E-state index in [1.807, 2.05) is 0 Å². The Kier molecular flexibility index (Phi) is 8.06. The summed E-state index contributed by atoms with van der Waals surface area (Å²) >= 11 is 0. The second-order valence-electron chi connectivity index (χ2n) is 6.32. The number of ether oxygens (including phenoxy) is 3. The van der Waals surface area contributed by atoms with E-state index in [1.165, 1.54) is 50.6 Å². The summed E-state index contributed by atoms with van der Waals surface area (Å²) < 4.78 is 16.0. The van der Waals surface area contributed by atoms with Gasteiger partial charge in [0.2, 0.25) is 0 Å². The van der Waals surface area contributed by atoms with Gasteiger partial charge in [0, 0.05) is 0 Å². The predicted octanol–water partition coefficient (Wildman–Crippen LogP) is 0.269. The van der Waals surface area contributed by atoms with Crippen LogP contribution in [0.1, 0.15) is 23.3 Å². The molecule has 0 aliphatic heterocycles. The minimum Gasteiger partial charge on any atom is -0.504 e. The molecule has 0 unspecified atom stereocenters. The molecule has 9 heteroatoms. The van der Waals surface area contributed by atoms with E-state index in [9.17, 15) is 25.5 Å². The van der Waals surface area contributed by atoms with Crippen LogP contribution in [0.3, 0.4) is 0 Å². The zero-order valence-electron chi connectivity index (χ0n) is 16.1. The monoisotopic (exact) mass is 410 g/mol. The number of aliphatic hydroxyl groups is 5. The largest absolute Gasteiger partial charge is 0.504 e. The summed E-state index contributed by atoms with van der Waals surface area (Å²) in [6.07, 6.45) is -5.01. The minimum atomic E-state index is -1.36. The molecule has 0 spiro atoms. The van der Waals surface area contributed by atoms with Crippen LogP contribution in [0.5, 0.6) is 23.0 Å². The van der Waals surface area contributed by atoms with E-state index in [1.54, 1.807) is 0 Å². The molecular weight excluding hydrogens is 384 g/mol. The number of phenols is 1. The number of aliphatic hydroxyl groups excluding tert-OH is 5. The summed E-state index contributed by atoms with van der Waals surface area (Å²) in [4.78, 5) is 0. The number of methoxy groups -OCH3 is 2. The van der Waals surface area contributed by atoms with Crippen LogP contribution in [0.25, 0.3) is 0 Å². The van der Waals surface area contributed by atoms with Crippen molar-refractivity contribution >= 4 is 0 Å². The molecule has 2 aromatic carbocycles. The Morgan fingerprint density at radius 2 is 1.34 bits per heavy atom. The van der Waals surface area contributed by atoms with Crippen molar-refractivity contribution in [1.29, 1.82) is 0 Å². The summed E-state index contributed by atoms with van der Waals surface area (Å²) in [6.45, 7) is -1.14. The fourth-order valence-electron chi connectivity index (χ4n) is 2.74. The third-order valence-corrected chi connectivity index (χ3v) is 4.44. The number of benzene rings is 2. The molecule has 0 saturated heterocycles. The molecule has 0 saturated carbocycles. The van der Waals surface area contributed by atoms with Gasteiger partial charge in [-0.15, -0.1) is 0 Å². The van der Waals surface area contributed by atoms with Crippen molar-refractivity contribution in [1.82, 2.24) is 0 Å². The van der Waals surface area contributed by atoms with E-state index >= 15 is 0 Å². The maximum Gasteiger partial charge on any atom is 0.161 e. The Morgan fingerprint density at radius 3 is 1.93 bits per heavy atom. The summed E-state index contributed by atoms with van der Waals surface area (Å²) in [5.41, 5.74) is 0.649. The Balaban J connectivity index is 2.25. The van der Waals surface area contributed by atoms with Gasteiger partial charge < -0.3 is 44.8 Å². The average Bonchev–Trinajstić information content (AvgIpc) is 2.76. The van der Waals surface area contributed by atoms with Crippen LogP contribution < -0.4 is 14.2 Å². The number of rotatable bonds is 10. The third kappa shape index (κ3) is 5.28. The predicted molar refractivity (Wildman–Crippen MR) is 102 cm³/mol. The summed E-state index contributed by atoms with van der Waals surface area (Å²) in [5.74, 6) is 0.453. The van der Waals surface area contributed by atoms with Gasteiger partial charge in [-0.25, -0.2) is 0 Å². The average molecular weight is 410 g/mol. The van der Waals surface area contributed by atoms with Gasteiger partial charge in [-0.2, -0.15) is 0 Å². The smallest absolute Gasteiger partial charge is 0.161 e. The van der Waals surface area contributed by atoms with Gasteiger partial charge >= 0.3 is 0 Å². The lowest BCUT2D eigenvalue weighted by atomic mass is 10.0. The number of phenolic OH excluding ortho intramolecular Hbond substituents is 1. The molecule has 0 bridgehead atoms. The zero-order valence-corrected chi connectivity index (χ0v) is 16.1. The van der Waals surface area contributed by atoms with E-state index in [-0.39, 0.29) is 23.0 Å². The number of hydrogen-bond donors (Lipinski definition) is 6. The first-order chi connectivity index (χ1) is 13.9. The summed E-state index contributed by atoms with van der Waals surface area (Å²) in [6, 6.07) is 8.60. The first kappa shape index (κ1) is 22.7. The lowest BCUT2D eigenvalue weighted by Crippen LogP contribution is -2.29. The molecule has 160 valence electrons. The normalized spacial score (nSPS) is 15.3. The Bertz CT molecular complexity index is 796. The van der Waals surface area contributed by atoms with Gasteiger partial charge in [0.1, 0.15) is 18.3 Å². The minimum absolute atomic E-state index is 0.0919. The van der Waals surface area contributed by atoms with Gasteiger partial charge in [0.25, 0.3) is 0 Å². The van der Waals surface area contributed by atoms with Crippen LogP contribution >= 0.6 is 0 Å². The van der Waals surface area contributed by atoms with Crippen molar-refractivity contribution in [3.05, 3.63) is 47.5 Å². The van der Waals surface area contributed by atoms with E-state index in [0.29, 0.717) is 11.1 Å². The fourth-order valence-corrected chi connectivity index (χ4v) is 2.74. The van der Waals surface area contributed by atoms with E-state index in [2.05, 4.69) is 0 Å². The highest BCUT2D eigenvalue weighted by atomic mass is 16.5. The van der Waals surface area contributed by atoms with Crippen LogP contribution in [-0.4, -0.2) is 70.3 Å².